The van der Waals surface area contributed by atoms with Gasteiger partial charge in [0.1, 0.15) is 11.2 Å². The van der Waals surface area contributed by atoms with Gasteiger partial charge in [0.15, 0.2) is 0 Å². The van der Waals surface area contributed by atoms with Crippen molar-refractivity contribution in [1.82, 2.24) is 0 Å². The summed E-state index contributed by atoms with van der Waals surface area (Å²) in [7, 11) is 1.31. The largest absolute Gasteiger partial charge is 0.468 e. The molecule has 0 bridgehead atoms. The second-order valence-corrected chi connectivity index (χ2v) is 5.95. The summed E-state index contributed by atoms with van der Waals surface area (Å²) >= 11 is 0. The monoisotopic (exact) mass is 280 g/mol. The van der Waals surface area contributed by atoms with Crippen LogP contribution in [0.2, 0.25) is 0 Å². The Kier molecular flexibility index (Phi) is 8.12. The van der Waals surface area contributed by atoms with Gasteiger partial charge in [0.05, 0.1) is 7.11 Å². The van der Waals surface area contributed by atoms with E-state index in [4.69, 9.17) is 0 Å². The zero-order chi connectivity index (χ0) is 15.8. The van der Waals surface area contributed by atoms with Crippen molar-refractivity contribution in [2.45, 2.75) is 60.3 Å². The number of methoxy groups -OCH3 is 1. The lowest BCUT2D eigenvalue weighted by Gasteiger charge is -2.19. The summed E-state index contributed by atoms with van der Waals surface area (Å²) in [6.45, 7) is 9.49. The van der Waals surface area contributed by atoms with Crippen LogP contribution in [0.25, 0.3) is 0 Å². The molecule has 0 aliphatic heterocycles. The van der Waals surface area contributed by atoms with E-state index < -0.39 is 11.4 Å². The van der Waals surface area contributed by atoms with Crippen LogP contribution in [-0.2, 0) is 14.3 Å². The SMILES string of the molecule is COC(=O)C(C)(C)C(=O)CC/C=C(\C)CCC=C(C)C. The predicted octanol–water partition coefficient (Wildman–Crippen LogP) is 4.23. The normalized spacial score (nSPS) is 12.0. The molecule has 0 heterocycles. The number of ether oxygens (including phenoxy) is 1. The molecular formula is C17H28O3. The van der Waals surface area contributed by atoms with Gasteiger partial charge in [0.25, 0.3) is 0 Å². The molecule has 0 fully saturated rings. The van der Waals surface area contributed by atoms with Crippen molar-refractivity contribution in [1.29, 1.82) is 0 Å². The molecule has 0 saturated heterocycles. The van der Waals surface area contributed by atoms with E-state index in [-0.39, 0.29) is 5.78 Å². The number of ketones is 1. The van der Waals surface area contributed by atoms with E-state index in [2.05, 4.69) is 37.7 Å². The van der Waals surface area contributed by atoms with Gasteiger partial charge in [-0.15, -0.1) is 0 Å². The summed E-state index contributed by atoms with van der Waals surface area (Å²) in [6.07, 6.45) is 7.40. The lowest BCUT2D eigenvalue weighted by atomic mass is 9.85. The first kappa shape index (κ1) is 18.6. The Morgan fingerprint density at radius 2 is 1.55 bits per heavy atom. The van der Waals surface area contributed by atoms with E-state index in [1.54, 1.807) is 13.8 Å². The minimum atomic E-state index is -1.04. The van der Waals surface area contributed by atoms with Crippen molar-refractivity contribution < 1.29 is 14.3 Å². The zero-order valence-corrected chi connectivity index (χ0v) is 13.7. The van der Waals surface area contributed by atoms with E-state index in [9.17, 15) is 9.59 Å². The van der Waals surface area contributed by atoms with E-state index in [1.807, 2.05) is 0 Å². The smallest absolute Gasteiger partial charge is 0.318 e. The number of carbonyl (C=O) groups excluding carboxylic acids is 2. The van der Waals surface area contributed by atoms with E-state index in [1.165, 1.54) is 18.3 Å². The summed E-state index contributed by atoms with van der Waals surface area (Å²) in [5.41, 5.74) is 1.57. The highest BCUT2D eigenvalue weighted by Crippen LogP contribution is 2.21. The molecular weight excluding hydrogens is 252 g/mol. The van der Waals surface area contributed by atoms with Crippen LogP contribution in [0.3, 0.4) is 0 Å². The Morgan fingerprint density at radius 1 is 1.00 bits per heavy atom. The van der Waals surface area contributed by atoms with Gasteiger partial charge in [-0.05, 0) is 53.9 Å². The van der Waals surface area contributed by atoms with Crippen LogP contribution in [0.5, 0.6) is 0 Å². The highest BCUT2D eigenvalue weighted by atomic mass is 16.5. The highest BCUT2D eigenvalue weighted by Gasteiger charge is 2.35. The maximum absolute atomic E-state index is 12.0. The Hall–Kier alpha value is -1.38. The van der Waals surface area contributed by atoms with Crippen LogP contribution in [0.1, 0.15) is 60.3 Å². The maximum Gasteiger partial charge on any atom is 0.318 e. The first-order valence-corrected chi connectivity index (χ1v) is 7.12. The standard InChI is InChI=1S/C17H28O3/c1-13(2)9-7-10-14(3)11-8-12-15(18)17(4,5)16(19)20-6/h9,11H,7-8,10,12H2,1-6H3/b14-11+. The second kappa shape index (κ2) is 8.72. The summed E-state index contributed by atoms with van der Waals surface area (Å²) in [6, 6.07) is 0. The Balaban J connectivity index is 4.25. The fourth-order valence-corrected chi connectivity index (χ4v) is 1.82. The number of carbonyl (C=O) groups is 2. The molecule has 0 N–H and O–H groups in total. The number of hydrogen-bond donors (Lipinski definition) is 0. The van der Waals surface area contributed by atoms with Crippen LogP contribution in [0, 0.1) is 5.41 Å². The number of rotatable bonds is 8. The average Bonchev–Trinajstić information content (AvgIpc) is 2.36. The third-order valence-electron chi connectivity index (χ3n) is 3.35. The van der Waals surface area contributed by atoms with Gasteiger partial charge >= 0.3 is 5.97 Å². The molecule has 0 spiro atoms. The minimum absolute atomic E-state index is 0.0716. The Bertz CT molecular complexity index is 396. The molecule has 0 aliphatic rings. The average molecular weight is 280 g/mol. The molecule has 3 nitrogen and oxygen atoms in total. The van der Waals surface area contributed by atoms with Crippen molar-refractivity contribution in [3.8, 4) is 0 Å². The molecule has 0 aromatic heterocycles. The first-order chi connectivity index (χ1) is 9.21. The predicted molar refractivity (Wildman–Crippen MR) is 82.5 cm³/mol. The topological polar surface area (TPSA) is 43.4 Å². The maximum atomic E-state index is 12.0. The number of hydrogen-bond acceptors (Lipinski definition) is 3. The second-order valence-electron chi connectivity index (χ2n) is 5.95. The van der Waals surface area contributed by atoms with E-state index in [0.29, 0.717) is 12.8 Å². The lowest BCUT2D eigenvalue weighted by Crippen LogP contribution is -2.34. The van der Waals surface area contributed by atoms with Crippen molar-refractivity contribution in [3.05, 3.63) is 23.3 Å². The van der Waals surface area contributed by atoms with Crippen molar-refractivity contribution in [2.75, 3.05) is 7.11 Å². The molecule has 0 unspecified atom stereocenters. The molecule has 0 saturated carbocycles. The summed E-state index contributed by atoms with van der Waals surface area (Å²) < 4.78 is 4.66. The van der Waals surface area contributed by atoms with Gasteiger partial charge in [-0.3, -0.25) is 9.59 Å². The number of esters is 1. The summed E-state index contributed by atoms with van der Waals surface area (Å²) in [5, 5.41) is 0. The van der Waals surface area contributed by atoms with E-state index in [0.717, 1.165) is 12.8 Å². The Morgan fingerprint density at radius 3 is 2.05 bits per heavy atom. The molecule has 114 valence electrons. The van der Waals surface area contributed by atoms with Crippen LogP contribution in [-0.4, -0.2) is 18.9 Å². The molecule has 0 rings (SSSR count). The summed E-state index contributed by atoms with van der Waals surface area (Å²) in [5.74, 6) is -0.538. The van der Waals surface area contributed by atoms with Crippen LogP contribution >= 0.6 is 0 Å². The first-order valence-electron chi connectivity index (χ1n) is 7.12. The van der Waals surface area contributed by atoms with Crippen molar-refractivity contribution in [3.63, 3.8) is 0 Å². The minimum Gasteiger partial charge on any atom is -0.468 e. The van der Waals surface area contributed by atoms with Crippen molar-refractivity contribution >= 4 is 11.8 Å². The number of allylic oxidation sites excluding steroid dienone is 4. The highest BCUT2D eigenvalue weighted by molar-refractivity contribution is 6.02. The molecule has 0 aromatic rings. The fourth-order valence-electron chi connectivity index (χ4n) is 1.82. The van der Waals surface area contributed by atoms with Gasteiger partial charge in [-0.25, -0.2) is 0 Å². The molecule has 0 aromatic carbocycles. The lowest BCUT2D eigenvalue weighted by molar-refractivity contribution is -0.155. The third-order valence-corrected chi connectivity index (χ3v) is 3.35. The van der Waals surface area contributed by atoms with Crippen LogP contribution < -0.4 is 0 Å². The van der Waals surface area contributed by atoms with Gasteiger partial charge in [-0.1, -0.05) is 23.3 Å². The molecule has 20 heavy (non-hydrogen) atoms. The Labute approximate surface area is 123 Å². The number of Topliss-reactive ketones (excluding diaryl/α,β-unsaturated/α-hetero) is 1. The summed E-state index contributed by atoms with van der Waals surface area (Å²) in [4.78, 5) is 23.5. The molecule has 0 amide bonds. The van der Waals surface area contributed by atoms with Gasteiger partial charge in [-0.2, -0.15) is 0 Å². The van der Waals surface area contributed by atoms with Crippen LogP contribution in [0.4, 0.5) is 0 Å². The van der Waals surface area contributed by atoms with Gasteiger partial charge in [0, 0.05) is 6.42 Å². The molecule has 0 radical (unpaired) electrons. The van der Waals surface area contributed by atoms with Gasteiger partial charge < -0.3 is 4.74 Å². The third kappa shape index (κ3) is 6.69. The zero-order valence-electron chi connectivity index (χ0n) is 13.7. The van der Waals surface area contributed by atoms with Crippen molar-refractivity contribution in [2.24, 2.45) is 5.41 Å². The van der Waals surface area contributed by atoms with Gasteiger partial charge in [0.2, 0.25) is 0 Å². The quantitative estimate of drug-likeness (QED) is 0.380. The molecule has 0 atom stereocenters. The molecule has 3 heteroatoms. The van der Waals surface area contributed by atoms with E-state index >= 15 is 0 Å². The fraction of sp³-hybridized carbons (Fsp3) is 0.647. The van der Waals surface area contributed by atoms with Crippen LogP contribution in [0.15, 0.2) is 23.3 Å². The molecule has 0 aliphatic carbocycles.